The number of nitrogens with one attached hydrogen (secondary N) is 4. The lowest BCUT2D eigenvalue weighted by molar-refractivity contribution is -0.243. The molecule has 2 aromatic rings. The van der Waals surface area contributed by atoms with Gasteiger partial charge in [-0.25, -0.2) is 14.6 Å². The van der Waals surface area contributed by atoms with E-state index in [1.54, 1.807) is 22.7 Å². The van der Waals surface area contributed by atoms with E-state index in [-0.39, 0.29) is 128 Å². The van der Waals surface area contributed by atoms with Crippen LogP contribution in [0.1, 0.15) is 103 Å². The maximum absolute atomic E-state index is 13.4. The van der Waals surface area contributed by atoms with Gasteiger partial charge in [-0.15, -0.1) is 0 Å². The molecule has 1 aromatic heterocycles. The number of aliphatic hydroxyl groups excluding tert-OH is 1. The van der Waals surface area contributed by atoms with Crippen LogP contribution in [-0.2, 0) is 49.3 Å². The number of cyclic esters (lactones) is 1. The van der Waals surface area contributed by atoms with Crippen molar-refractivity contribution < 1.29 is 67.5 Å². The quantitative estimate of drug-likeness (QED) is 0.0415. The largest absolute Gasteiger partial charge is 0.481 e. The Morgan fingerprint density at radius 2 is 1.63 bits per heavy atom. The van der Waals surface area contributed by atoms with Crippen LogP contribution in [0.2, 0.25) is 0 Å². The molecule has 7 aliphatic rings. The summed E-state index contributed by atoms with van der Waals surface area (Å²) in [7, 11) is 0. The number of ether oxygens (including phenoxy) is 4. The van der Waals surface area contributed by atoms with Gasteiger partial charge in [0.05, 0.1) is 56.6 Å². The average molecular weight is 1080 g/mol. The topological polar surface area (TPSA) is 277 Å². The summed E-state index contributed by atoms with van der Waals surface area (Å²) in [6.45, 7) is 5.93. The number of benzene rings is 1. The molecule has 4 heterocycles. The first-order chi connectivity index (χ1) is 36.6. The van der Waals surface area contributed by atoms with E-state index in [4.69, 9.17) is 23.4 Å². The number of carboxylic acids is 1. The van der Waals surface area contributed by atoms with Gasteiger partial charge in [0.2, 0.25) is 23.6 Å². The van der Waals surface area contributed by atoms with E-state index in [1.807, 2.05) is 37.3 Å². The molecule has 4 saturated carbocycles. The summed E-state index contributed by atoms with van der Waals surface area (Å²) in [6.07, 6.45) is 9.75. The normalized spacial score (nSPS) is 32.3. The molecule has 9 rings (SSSR count). The minimum Gasteiger partial charge on any atom is -0.481 e. The summed E-state index contributed by atoms with van der Waals surface area (Å²) in [5, 5.41) is 45.6. The number of carboxylic acid groups (broad SMARTS) is 1. The van der Waals surface area contributed by atoms with Crippen LogP contribution in [0.25, 0.3) is 11.3 Å². The first-order valence-corrected chi connectivity index (χ1v) is 28.5. The lowest BCUT2D eigenvalue weighted by Gasteiger charge is -2.65. The Kier molecular flexibility index (Phi) is 17.8. The van der Waals surface area contributed by atoms with Gasteiger partial charge in [-0.1, -0.05) is 50.6 Å². The highest BCUT2D eigenvalue weighted by molar-refractivity contribution is 8.00. The molecule has 0 bridgehead atoms. The molecule has 20 nitrogen and oxygen atoms in total. The third-order valence-electron chi connectivity index (χ3n) is 18.2. The van der Waals surface area contributed by atoms with Gasteiger partial charge in [0.1, 0.15) is 25.5 Å². The number of fused-ring (bicyclic) bond motifs is 6. The van der Waals surface area contributed by atoms with E-state index in [1.165, 1.54) is 0 Å². The maximum atomic E-state index is 13.4. The Bertz CT molecular complexity index is 2460. The van der Waals surface area contributed by atoms with Gasteiger partial charge < -0.3 is 60.0 Å². The van der Waals surface area contributed by atoms with Crippen LogP contribution in [0.5, 0.6) is 0 Å². The molecule has 3 aliphatic heterocycles. The van der Waals surface area contributed by atoms with Crippen molar-refractivity contribution in [2.24, 2.45) is 34.5 Å². The fraction of sp³-hybridized carbons (Fsp3) is 0.691. The Morgan fingerprint density at radius 1 is 0.882 bits per heavy atom. The number of aliphatic carboxylic acids is 1. The smallest absolute Gasteiger partial charge is 0.331 e. The van der Waals surface area contributed by atoms with Gasteiger partial charge in [0, 0.05) is 60.0 Å². The number of oxazole rings is 1. The van der Waals surface area contributed by atoms with Crippen molar-refractivity contribution in [3.05, 3.63) is 47.9 Å². The minimum absolute atomic E-state index is 0.0176. The Labute approximate surface area is 447 Å². The number of aryl methyl sites for hydroxylation is 1. The second-order valence-electron chi connectivity index (χ2n) is 22.4. The Hall–Kier alpha value is -5.06. The van der Waals surface area contributed by atoms with E-state index in [0.29, 0.717) is 75.3 Å². The van der Waals surface area contributed by atoms with Gasteiger partial charge in [0.15, 0.2) is 5.89 Å². The molecular formula is C55H76N6O14S. The highest BCUT2D eigenvalue weighted by atomic mass is 32.2. The number of carbonyl (C=O) groups excluding carboxylic acids is 5. The number of carbonyl (C=O) groups is 6. The van der Waals surface area contributed by atoms with Gasteiger partial charge in [-0.3, -0.25) is 24.1 Å². The van der Waals surface area contributed by atoms with Crippen molar-refractivity contribution >= 4 is 53.3 Å². The summed E-state index contributed by atoms with van der Waals surface area (Å²) in [6, 6.07) is 8.85. The summed E-state index contributed by atoms with van der Waals surface area (Å²) in [5.41, 5.74) is 0.315. The second kappa shape index (κ2) is 24.3. The number of hydrogen-bond acceptors (Lipinski definition) is 15. The van der Waals surface area contributed by atoms with Crippen LogP contribution in [0.15, 0.2) is 46.4 Å². The number of unbranched alkanes of at least 4 members (excludes halogenated alkanes) is 1. The summed E-state index contributed by atoms with van der Waals surface area (Å²) in [4.78, 5) is 80.6. The molecule has 12 atom stereocenters. The molecule has 0 radical (unpaired) electrons. The van der Waals surface area contributed by atoms with Crippen molar-refractivity contribution in [1.82, 2.24) is 26.3 Å². The van der Waals surface area contributed by atoms with Gasteiger partial charge in [-0.05, 0) is 98.9 Å². The fourth-order valence-electron chi connectivity index (χ4n) is 14.2. The predicted octanol–water partition coefficient (Wildman–Crippen LogP) is 4.30. The third kappa shape index (κ3) is 11.8. The lowest BCUT2D eigenvalue weighted by atomic mass is 9.42. The maximum Gasteiger partial charge on any atom is 0.331 e. The summed E-state index contributed by atoms with van der Waals surface area (Å²) < 4.78 is 27.9. The number of anilines is 1. The number of aromatic nitrogens is 1. The standard InChI is InChI=1S/C55H76N6O14S/c1-53-18-16-36(27-35(53)12-13-38-39(53)28-42(62)54(2)37(17-19-55(38,54)70)34-26-48(68)74-29-34)58-45(65)31-73-30-44(64)57-21-23-72-25-24-71-22-20-56-43(63)11-7-6-10-41-50-40(32-76-41)61(52(69)60-50)51-49(33-8-4-3-5-9-33)59-46(75-51)14-15-47(66)67/h3-5,8-9,26,35-42,50,62,70H,6-7,10-25,27-32H2,1-2H3,(H,56,63)(H,57,64)(H,58,65)(H,60,69)(H,66,67). The number of aliphatic hydroxyl groups is 2. The molecular weight excluding hydrogens is 1000 g/mol. The summed E-state index contributed by atoms with van der Waals surface area (Å²) in [5.74, 6) is -0.245. The van der Waals surface area contributed by atoms with Gasteiger partial charge in [-0.2, -0.15) is 11.8 Å². The van der Waals surface area contributed by atoms with Crippen LogP contribution < -0.4 is 26.2 Å². The van der Waals surface area contributed by atoms with Crippen LogP contribution in [0.4, 0.5) is 10.7 Å². The third-order valence-corrected chi connectivity index (χ3v) is 19.7. The number of esters is 1. The first kappa shape index (κ1) is 55.7. The molecule has 4 aliphatic carbocycles. The molecule has 0 spiro atoms. The van der Waals surface area contributed by atoms with Crippen LogP contribution >= 0.6 is 11.8 Å². The number of thioether (sulfide) groups is 1. The van der Waals surface area contributed by atoms with Crippen molar-refractivity contribution in [2.45, 2.75) is 139 Å². The van der Waals surface area contributed by atoms with Crippen molar-refractivity contribution in [2.75, 3.05) is 70.0 Å². The monoisotopic (exact) mass is 1080 g/mol. The van der Waals surface area contributed by atoms with Crippen LogP contribution in [0.3, 0.4) is 0 Å². The fourth-order valence-corrected chi connectivity index (χ4v) is 15.8. The van der Waals surface area contributed by atoms with E-state index in [9.17, 15) is 44.1 Å². The van der Waals surface area contributed by atoms with E-state index >= 15 is 0 Å². The van der Waals surface area contributed by atoms with Gasteiger partial charge in [0.25, 0.3) is 0 Å². The van der Waals surface area contributed by atoms with E-state index in [2.05, 4.69) is 33.2 Å². The van der Waals surface area contributed by atoms with Crippen LogP contribution in [0, 0.1) is 34.5 Å². The zero-order valence-corrected chi connectivity index (χ0v) is 44.6. The van der Waals surface area contributed by atoms with Crippen molar-refractivity contribution in [3.8, 4) is 11.3 Å². The lowest BCUT2D eigenvalue weighted by Crippen LogP contribution is -2.67. The summed E-state index contributed by atoms with van der Waals surface area (Å²) >= 11 is 1.79. The zero-order chi connectivity index (χ0) is 53.6. The number of hydrogen-bond donors (Lipinski definition) is 7. The molecule has 12 unspecified atom stereocenters. The second-order valence-corrected chi connectivity index (χ2v) is 23.6. The highest BCUT2D eigenvalue weighted by Gasteiger charge is 2.71. The average Bonchev–Trinajstić information content (AvgIpc) is 4.35. The van der Waals surface area contributed by atoms with Crippen molar-refractivity contribution in [3.63, 3.8) is 0 Å². The van der Waals surface area contributed by atoms with E-state index < -0.39 is 23.1 Å². The first-order valence-electron chi connectivity index (χ1n) is 27.4. The molecule has 416 valence electrons. The molecule has 7 N–H and O–H groups in total. The number of nitrogens with zero attached hydrogens (tertiary/aromatic N) is 2. The van der Waals surface area contributed by atoms with Crippen molar-refractivity contribution in [1.29, 1.82) is 0 Å². The Balaban J connectivity index is 0.579. The number of urea groups is 1. The zero-order valence-electron chi connectivity index (χ0n) is 43.8. The molecule has 76 heavy (non-hydrogen) atoms. The van der Waals surface area contributed by atoms with Crippen LogP contribution in [-0.4, -0.2) is 156 Å². The van der Waals surface area contributed by atoms with Gasteiger partial charge >= 0.3 is 18.0 Å². The minimum atomic E-state index is -1.03. The predicted molar refractivity (Wildman–Crippen MR) is 279 cm³/mol. The molecule has 6 fully saturated rings. The highest BCUT2D eigenvalue weighted by Crippen LogP contribution is 2.70. The molecule has 5 amide bonds. The van der Waals surface area contributed by atoms with E-state index in [0.717, 1.165) is 62.5 Å². The number of amides is 5. The molecule has 21 heteroatoms. The number of rotatable bonds is 25. The Morgan fingerprint density at radius 3 is 2.37 bits per heavy atom. The molecule has 2 saturated heterocycles. The SMILES string of the molecule is CC12CCC(NC(=O)COCC(=O)NCCOCCOCCNC(=O)CCCCC3SCC4C3NC(=O)N4c3oc(CCC(=O)O)nc3-c3ccccc3)CC1CCC1C2CC(O)C2(C)C(C3=CC(=O)OC3)CCC12O. The molecule has 1 aromatic carbocycles.